The molecule has 0 saturated carbocycles. The van der Waals surface area contributed by atoms with Gasteiger partial charge in [0.2, 0.25) is 0 Å². The molecule has 0 bridgehead atoms. The topological polar surface area (TPSA) is 19.0 Å². The van der Waals surface area contributed by atoms with E-state index in [9.17, 15) is 0 Å². The minimum absolute atomic E-state index is 0.204. The van der Waals surface area contributed by atoms with E-state index in [2.05, 4.69) is 368 Å². The summed E-state index contributed by atoms with van der Waals surface area (Å²) in [5, 5.41) is 1.07. The molecule has 0 radical (unpaired) electrons. The number of hydrogen-bond acceptors (Lipinski definition) is 4. The standard InChI is InChI=1S/C86H83GeN3O/c1-10-86(61(2)3)91-85-57-23-68(24-58-85)59-60-87(73-33-11-62(4)12-34-73,74-35-13-63(5)14-36-74)75-37-55-84(56-38-75)90(79-45-21-67(9)22-46-79)83-53-31-72(32-54-83)71-29-51-82(52-30-71)89(78-43-19-66(8)20-44-78)81-49-27-70(28-50-81)69-25-47-80(48-26-69)88(76-39-15-64(6)16-40-76)77-41-17-65(7)18-42-77/h11-58,61,86H,10,59-60H2,1-9H3. The van der Waals surface area contributed by atoms with Crippen LogP contribution >= 0.6 is 0 Å². The van der Waals surface area contributed by atoms with Crippen LogP contribution in [-0.2, 0) is 6.42 Å². The third-order valence-electron chi connectivity index (χ3n) is 18.2. The van der Waals surface area contributed by atoms with E-state index >= 15 is 0 Å². The molecule has 4 nitrogen and oxygen atoms in total. The first-order valence-corrected chi connectivity index (χ1v) is 37.0. The molecule has 12 aromatic carbocycles. The van der Waals surface area contributed by atoms with Gasteiger partial charge in [0, 0.05) is 34.1 Å². The molecular weight excluding hydrogens is 1160 g/mol. The summed E-state index contributed by atoms with van der Waals surface area (Å²) in [7, 11) is 0. The van der Waals surface area contributed by atoms with Crippen molar-refractivity contribution in [3.63, 3.8) is 0 Å². The van der Waals surface area contributed by atoms with Crippen molar-refractivity contribution in [1.29, 1.82) is 0 Å². The molecule has 12 aromatic rings. The van der Waals surface area contributed by atoms with Crippen LogP contribution < -0.4 is 32.6 Å². The Morgan fingerprint density at radius 2 is 0.505 bits per heavy atom. The van der Waals surface area contributed by atoms with Gasteiger partial charge in [-0.2, -0.15) is 0 Å². The summed E-state index contributed by atoms with van der Waals surface area (Å²) in [5.41, 5.74) is 23.5. The van der Waals surface area contributed by atoms with Gasteiger partial charge < -0.3 is 9.80 Å². The Labute approximate surface area is 544 Å². The van der Waals surface area contributed by atoms with Gasteiger partial charge >= 0.3 is 334 Å². The van der Waals surface area contributed by atoms with Crippen molar-refractivity contribution < 1.29 is 4.74 Å². The van der Waals surface area contributed by atoms with Crippen molar-refractivity contribution in [1.82, 2.24) is 0 Å². The van der Waals surface area contributed by atoms with Crippen molar-refractivity contribution in [2.24, 2.45) is 5.92 Å². The van der Waals surface area contributed by atoms with Crippen LogP contribution in [0.2, 0.25) is 5.25 Å². The average molecular weight is 1250 g/mol. The SMILES string of the molecule is CCC(Oc1ccc(C[CH2][Ge]([c]2ccc(C)cc2)([c]2ccc(C)cc2)[c]2ccc(N(c3ccc(C)cc3)c3ccc(-c4ccc(N(c5ccc(C)cc5)c5ccc(-c6ccc(N(c7ccc(C)cc7)c7ccc(C)cc7)cc6)cc5)cc4)cc3)cc2)cc1)C(C)C. The van der Waals surface area contributed by atoms with Crippen LogP contribution in [-0.4, -0.2) is 19.4 Å². The van der Waals surface area contributed by atoms with E-state index in [0.717, 1.165) is 91.7 Å². The van der Waals surface area contributed by atoms with Gasteiger partial charge in [-0.25, -0.2) is 0 Å². The fourth-order valence-corrected chi connectivity index (χ4v) is 22.7. The van der Waals surface area contributed by atoms with Gasteiger partial charge in [-0.15, -0.1) is 0 Å². The van der Waals surface area contributed by atoms with Crippen LogP contribution in [0, 0.1) is 47.5 Å². The summed E-state index contributed by atoms with van der Waals surface area (Å²) in [4.78, 5) is 7.08. The van der Waals surface area contributed by atoms with E-state index in [1.807, 2.05) is 0 Å². The Morgan fingerprint density at radius 1 is 0.286 bits per heavy atom. The molecule has 0 aliphatic heterocycles. The third-order valence-corrected chi connectivity index (χ3v) is 28.6. The zero-order chi connectivity index (χ0) is 63.0. The van der Waals surface area contributed by atoms with Crippen LogP contribution in [0.25, 0.3) is 22.3 Å². The molecule has 0 aliphatic rings. The number of ether oxygens (including phenoxy) is 1. The molecule has 0 fully saturated rings. The number of aryl methyl sites for hydroxylation is 7. The summed E-state index contributed by atoms with van der Waals surface area (Å²) in [5.74, 6) is 1.41. The van der Waals surface area contributed by atoms with E-state index in [1.165, 1.54) is 57.7 Å². The molecule has 0 spiro atoms. The van der Waals surface area contributed by atoms with Crippen molar-refractivity contribution in [2.75, 3.05) is 14.7 Å². The summed E-state index contributed by atoms with van der Waals surface area (Å²) < 4.78 is 10.9. The fraction of sp³-hybridized carbons (Fsp3) is 0.163. The normalized spacial score (nSPS) is 11.8. The second-order valence-corrected chi connectivity index (χ2v) is 33.7. The summed E-state index contributed by atoms with van der Waals surface area (Å²) in [6.07, 6.45) is 2.16. The molecular formula is C86H83GeN3O. The first-order valence-electron chi connectivity index (χ1n) is 32.4. The molecule has 1 atom stereocenters. The van der Waals surface area contributed by atoms with Crippen LogP contribution in [0.5, 0.6) is 5.75 Å². The van der Waals surface area contributed by atoms with E-state index in [1.54, 1.807) is 0 Å². The van der Waals surface area contributed by atoms with Gasteiger partial charge in [0.05, 0.1) is 0 Å². The molecule has 91 heavy (non-hydrogen) atoms. The Kier molecular flexibility index (Phi) is 18.7. The molecule has 0 aromatic heterocycles. The van der Waals surface area contributed by atoms with E-state index in [4.69, 9.17) is 4.74 Å². The molecule has 0 aliphatic carbocycles. The Morgan fingerprint density at radius 3 is 0.747 bits per heavy atom. The zero-order valence-corrected chi connectivity index (χ0v) is 56.3. The first-order chi connectivity index (χ1) is 44.3. The molecule has 1 unspecified atom stereocenters. The van der Waals surface area contributed by atoms with Crippen LogP contribution in [0.3, 0.4) is 0 Å². The third kappa shape index (κ3) is 13.9. The molecule has 5 heteroatoms. The van der Waals surface area contributed by atoms with Crippen molar-refractivity contribution in [3.8, 4) is 28.0 Å². The van der Waals surface area contributed by atoms with Gasteiger partial charge in [-0.1, -0.05) is 77.4 Å². The Hall–Kier alpha value is -9.62. The molecule has 0 N–H and O–H groups in total. The second kappa shape index (κ2) is 27.6. The maximum atomic E-state index is 6.46. The van der Waals surface area contributed by atoms with Crippen LogP contribution in [0.1, 0.15) is 66.1 Å². The molecule has 0 heterocycles. The van der Waals surface area contributed by atoms with Crippen molar-refractivity contribution in [3.05, 3.63) is 330 Å². The Bertz CT molecular complexity index is 4210. The summed E-state index contributed by atoms with van der Waals surface area (Å²) >= 11 is -3.40. The van der Waals surface area contributed by atoms with Crippen LogP contribution in [0.15, 0.2) is 291 Å². The van der Waals surface area contributed by atoms with E-state index < -0.39 is 13.3 Å². The number of rotatable bonds is 21. The second-order valence-electron chi connectivity index (χ2n) is 25.2. The molecule has 12 rings (SSSR count). The fourth-order valence-electron chi connectivity index (χ4n) is 12.8. The van der Waals surface area contributed by atoms with Gasteiger partial charge in [-0.05, 0) is 92.6 Å². The van der Waals surface area contributed by atoms with Crippen molar-refractivity contribution >= 4 is 77.6 Å². The predicted molar refractivity (Wildman–Crippen MR) is 392 cm³/mol. The van der Waals surface area contributed by atoms with Gasteiger partial charge in [0.15, 0.2) is 0 Å². The summed E-state index contributed by atoms with van der Waals surface area (Å²) in [6, 6.07) is 109. The molecule has 0 amide bonds. The number of anilines is 9. The Balaban J connectivity index is 0.822. The van der Waals surface area contributed by atoms with Gasteiger partial charge in [0.25, 0.3) is 0 Å². The molecule has 0 saturated heterocycles. The first kappa shape index (κ1) is 61.6. The maximum absolute atomic E-state index is 6.46. The van der Waals surface area contributed by atoms with Crippen molar-refractivity contribution in [2.45, 2.75) is 86.5 Å². The minimum atomic E-state index is -3.40. The van der Waals surface area contributed by atoms with Gasteiger partial charge in [0.1, 0.15) is 0 Å². The zero-order valence-electron chi connectivity index (χ0n) is 54.2. The number of nitrogens with zero attached hydrogens (tertiary/aromatic N) is 3. The average Bonchev–Trinajstić information content (AvgIpc) is 0.852. The molecule has 452 valence electrons. The quantitative estimate of drug-likeness (QED) is 0.0668. The van der Waals surface area contributed by atoms with Gasteiger partial charge in [-0.3, -0.25) is 0 Å². The van der Waals surface area contributed by atoms with Crippen LogP contribution in [0.4, 0.5) is 51.2 Å². The van der Waals surface area contributed by atoms with E-state index in [0.29, 0.717) is 5.92 Å². The van der Waals surface area contributed by atoms with E-state index in [-0.39, 0.29) is 6.10 Å². The summed E-state index contributed by atoms with van der Waals surface area (Å²) in [6.45, 7) is 19.7. The predicted octanol–water partition coefficient (Wildman–Crippen LogP) is 21.8. The number of hydrogen-bond donors (Lipinski definition) is 0. The number of benzene rings is 12. The monoisotopic (exact) mass is 1250 g/mol.